The molecule has 34 heteroatoms. The third kappa shape index (κ3) is 39.8. The standard InChI is InChI=1S/C71H130N8O26/c1-47(83)76-59-51(40-50(41-80)62(91)65(59)94)100-33-19-11-7-15-30-73-55(87)26-37-97-44-71(79-58(90)25-23-24-54(86)72-29-18-10-14-22-36-103-70(4,5)6,45-98-38-27-56(88)74-31-16-8-12-20-34-101-68-60(77-48(2)84)66(95)63(92)52(42-81)104-68)46-99-39-28-57(89)75-32-17-9-13-21-35-102-69-61(78-49(3)85)67(96)64(93)53(43-82)105-69/h50-53,59-69,80-82,91-96H,7-46H2,1-6H3,(H,72,86)(H,73,87)(H,74,88)(H,75,89)(H,76,83)(H,77,84)(H,78,85)(H,79,90)/t50?,51-,52?,53?,59?,60?,61?,62+,63+,64+,65-,66-,67-,68-,69-,71?/m1/s1. The third-order valence-corrected chi connectivity index (χ3v) is 18.0. The second kappa shape index (κ2) is 53.8. The van der Waals surface area contributed by atoms with Gasteiger partial charge in [-0.25, -0.2) is 0 Å². The molecule has 0 aromatic heterocycles. The minimum Gasteiger partial charge on any atom is -0.396 e. The average molecular weight is 1510 g/mol. The second-order valence-electron chi connectivity index (χ2n) is 28.5. The maximum atomic E-state index is 13.9. The molecular weight excluding hydrogens is 1380 g/mol. The van der Waals surface area contributed by atoms with E-state index in [2.05, 4.69) is 42.5 Å². The van der Waals surface area contributed by atoms with Crippen LogP contribution in [0.5, 0.6) is 0 Å². The molecule has 0 aromatic carbocycles. The number of amides is 8. The van der Waals surface area contributed by atoms with Crippen LogP contribution < -0.4 is 42.5 Å². The fraction of sp³-hybridized carbons (Fsp3) is 0.887. The zero-order valence-electron chi connectivity index (χ0n) is 62.9. The van der Waals surface area contributed by atoms with Gasteiger partial charge in [-0.2, -0.15) is 0 Å². The van der Waals surface area contributed by atoms with Gasteiger partial charge >= 0.3 is 0 Å². The summed E-state index contributed by atoms with van der Waals surface area (Å²) in [5, 5.41) is 114. The van der Waals surface area contributed by atoms with Gasteiger partial charge in [0.1, 0.15) is 60.4 Å². The van der Waals surface area contributed by atoms with Crippen LogP contribution in [0.3, 0.4) is 0 Å². The maximum Gasteiger partial charge on any atom is 0.222 e. The first kappa shape index (κ1) is 94.2. The SMILES string of the molecule is CC(=O)NC1[C@H](OCCCCCCNC(=O)CCOCC(COCCC(=O)NCCCCCCO[C@@H]2OC(CO)[C@H](O)[C@H](O)C2NC(C)=O)(COCCC(=O)NCCCCCCO[C@@H]2CC(CO)[C@H](O)[C@H](O)C2NC(C)=O)NC(=O)CCCC(=O)NCCCCCCOC(C)(C)C)OC(CO)[C@H](O)[C@@H]1O. The van der Waals surface area contributed by atoms with E-state index in [9.17, 15) is 84.3 Å². The van der Waals surface area contributed by atoms with Gasteiger partial charge in [-0.05, 0) is 85.0 Å². The van der Waals surface area contributed by atoms with Crippen LogP contribution >= 0.6 is 0 Å². The quantitative estimate of drug-likeness (QED) is 0.0302. The van der Waals surface area contributed by atoms with Crippen molar-refractivity contribution in [3.63, 3.8) is 0 Å². The first-order valence-corrected chi connectivity index (χ1v) is 37.8. The highest BCUT2D eigenvalue weighted by atomic mass is 16.7. The molecule has 8 amide bonds. The molecule has 15 atom stereocenters. The topological polar surface area (TPSA) is 498 Å². The minimum atomic E-state index is -1.43. The van der Waals surface area contributed by atoms with Crippen molar-refractivity contribution in [1.82, 2.24) is 42.5 Å². The molecule has 3 rings (SSSR count). The van der Waals surface area contributed by atoms with Crippen molar-refractivity contribution in [2.75, 3.05) is 112 Å². The lowest BCUT2D eigenvalue weighted by atomic mass is 9.79. The van der Waals surface area contributed by atoms with E-state index in [1.807, 2.05) is 20.8 Å². The molecule has 2 heterocycles. The molecule has 2 aliphatic heterocycles. The molecule has 0 bridgehead atoms. The van der Waals surface area contributed by atoms with Crippen molar-refractivity contribution in [2.45, 2.75) is 286 Å². The van der Waals surface area contributed by atoms with Crippen molar-refractivity contribution in [3.8, 4) is 0 Å². The lowest BCUT2D eigenvalue weighted by Gasteiger charge is -2.42. The number of unbranched alkanes of at least 4 members (excludes halogenated alkanes) is 12. The van der Waals surface area contributed by atoms with Crippen LogP contribution in [0.2, 0.25) is 0 Å². The number of carbonyl (C=O) groups is 8. The van der Waals surface area contributed by atoms with E-state index in [-0.39, 0.29) is 140 Å². The van der Waals surface area contributed by atoms with Crippen molar-refractivity contribution >= 4 is 47.3 Å². The molecule has 1 saturated carbocycles. The van der Waals surface area contributed by atoms with Gasteiger partial charge in [0.2, 0.25) is 47.3 Å². The summed E-state index contributed by atoms with van der Waals surface area (Å²) < 4.78 is 53.0. The number of rotatable bonds is 57. The monoisotopic (exact) mass is 1510 g/mol. The van der Waals surface area contributed by atoms with Gasteiger partial charge in [-0.3, -0.25) is 38.4 Å². The van der Waals surface area contributed by atoms with E-state index in [1.54, 1.807) is 0 Å². The molecule has 3 aliphatic rings. The van der Waals surface area contributed by atoms with Gasteiger partial charge in [0.05, 0.1) is 76.7 Å². The lowest BCUT2D eigenvalue weighted by Crippen LogP contribution is -2.64. The first-order chi connectivity index (χ1) is 50.1. The predicted octanol–water partition coefficient (Wildman–Crippen LogP) is -1.70. The Hall–Kier alpha value is -4.96. The lowest BCUT2D eigenvalue weighted by molar-refractivity contribution is -0.270. The van der Waals surface area contributed by atoms with Crippen molar-refractivity contribution in [2.24, 2.45) is 5.92 Å². The summed E-state index contributed by atoms with van der Waals surface area (Å²) in [6.07, 6.45) is -1.43. The van der Waals surface area contributed by atoms with Gasteiger partial charge in [-0.15, -0.1) is 0 Å². The molecule has 610 valence electrons. The minimum absolute atomic E-state index is 0.0504. The van der Waals surface area contributed by atoms with Crippen molar-refractivity contribution in [1.29, 1.82) is 0 Å². The van der Waals surface area contributed by atoms with Gasteiger partial charge < -0.3 is 131 Å². The van der Waals surface area contributed by atoms with Gasteiger partial charge in [0, 0.05) is 118 Å². The number of aliphatic hydroxyl groups is 9. The summed E-state index contributed by atoms with van der Waals surface area (Å²) in [4.78, 5) is 102. The predicted molar refractivity (Wildman–Crippen MR) is 380 cm³/mol. The van der Waals surface area contributed by atoms with E-state index in [0.717, 1.165) is 38.5 Å². The zero-order chi connectivity index (χ0) is 77.6. The number of carbonyl (C=O) groups excluding carboxylic acids is 8. The first-order valence-electron chi connectivity index (χ1n) is 37.8. The Balaban J connectivity index is 1.60. The summed E-state index contributed by atoms with van der Waals surface area (Å²) in [7, 11) is 0. The molecule has 105 heavy (non-hydrogen) atoms. The Morgan fingerprint density at radius 1 is 0.381 bits per heavy atom. The van der Waals surface area contributed by atoms with Crippen molar-refractivity contribution < 1.29 is 127 Å². The highest BCUT2D eigenvalue weighted by molar-refractivity contribution is 5.80. The smallest absolute Gasteiger partial charge is 0.222 e. The second-order valence-corrected chi connectivity index (χ2v) is 28.5. The van der Waals surface area contributed by atoms with Crippen LogP contribution in [-0.2, 0) is 81.0 Å². The van der Waals surface area contributed by atoms with Gasteiger partial charge in [0.15, 0.2) is 12.6 Å². The van der Waals surface area contributed by atoms with E-state index in [4.69, 9.17) is 42.6 Å². The number of hydrogen-bond donors (Lipinski definition) is 17. The summed E-state index contributed by atoms with van der Waals surface area (Å²) in [6.45, 7) is 10.3. The molecule has 0 aromatic rings. The summed E-state index contributed by atoms with van der Waals surface area (Å²) in [5.74, 6) is -3.49. The Morgan fingerprint density at radius 2 is 0.724 bits per heavy atom. The molecular formula is C71H130N8O26. The Kier molecular flexibility index (Phi) is 48.3. The number of hydrogen-bond acceptors (Lipinski definition) is 26. The Morgan fingerprint density at radius 3 is 1.10 bits per heavy atom. The Bertz CT molecular complexity index is 2250. The number of aliphatic hydroxyl groups excluding tert-OH is 9. The highest BCUT2D eigenvalue weighted by Gasteiger charge is 2.48. The van der Waals surface area contributed by atoms with Crippen molar-refractivity contribution in [3.05, 3.63) is 0 Å². The zero-order valence-corrected chi connectivity index (χ0v) is 62.9. The molecule has 0 spiro atoms. The number of nitrogens with one attached hydrogen (secondary N) is 8. The molecule has 17 N–H and O–H groups in total. The van der Waals surface area contributed by atoms with Crippen LogP contribution in [0.25, 0.3) is 0 Å². The van der Waals surface area contributed by atoms with E-state index in [0.29, 0.717) is 104 Å². The molecule has 34 nitrogen and oxygen atoms in total. The average Bonchev–Trinajstić information content (AvgIpc) is 0.820. The molecule has 2 saturated heterocycles. The highest BCUT2D eigenvalue weighted by Crippen LogP contribution is 2.29. The van der Waals surface area contributed by atoms with Crippen LogP contribution in [0.4, 0.5) is 0 Å². The summed E-state index contributed by atoms with van der Waals surface area (Å²) in [6, 6.07) is -2.94. The maximum absolute atomic E-state index is 13.9. The normalized spacial score (nSPS) is 25.3. The van der Waals surface area contributed by atoms with Gasteiger partial charge in [0.25, 0.3) is 0 Å². The molecule has 0 radical (unpaired) electrons. The van der Waals surface area contributed by atoms with E-state index in [1.165, 1.54) is 20.8 Å². The molecule has 6 unspecified atom stereocenters. The molecule has 3 fully saturated rings. The van der Waals surface area contributed by atoms with Crippen LogP contribution in [-0.4, -0.2) is 302 Å². The third-order valence-electron chi connectivity index (χ3n) is 18.0. The number of ether oxygens (including phenoxy) is 9. The largest absolute Gasteiger partial charge is 0.396 e. The van der Waals surface area contributed by atoms with E-state index < -0.39 is 128 Å². The van der Waals surface area contributed by atoms with Crippen LogP contribution in [0.1, 0.15) is 189 Å². The summed E-state index contributed by atoms with van der Waals surface area (Å²) >= 11 is 0. The Labute approximate surface area is 618 Å². The van der Waals surface area contributed by atoms with Crippen LogP contribution in [0.15, 0.2) is 0 Å². The molecule has 1 aliphatic carbocycles. The van der Waals surface area contributed by atoms with Gasteiger partial charge in [-0.1, -0.05) is 51.4 Å². The van der Waals surface area contributed by atoms with E-state index >= 15 is 0 Å². The van der Waals surface area contributed by atoms with Crippen LogP contribution in [0, 0.1) is 5.92 Å². The fourth-order valence-electron chi connectivity index (χ4n) is 12.2. The summed E-state index contributed by atoms with van der Waals surface area (Å²) in [5.41, 5.74) is -1.63. The fourth-order valence-corrected chi connectivity index (χ4v) is 12.2.